The summed E-state index contributed by atoms with van der Waals surface area (Å²) in [5.41, 5.74) is 1.09. The smallest absolute Gasteiger partial charge is 0.332 e. The molecule has 4 aromatic rings. The molecule has 1 N–H and O–H groups in total. The van der Waals surface area contributed by atoms with Crippen LogP contribution in [0.4, 0.5) is 0 Å². The van der Waals surface area contributed by atoms with Crippen molar-refractivity contribution in [2.75, 3.05) is 6.61 Å². The van der Waals surface area contributed by atoms with Gasteiger partial charge in [0.05, 0.1) is 13.2 Å². The van der Waals surface area contributed by atoms with E-state index in [0.717, 1.165) is 10.3 Å². The second-order valence-corrected chi connectivity index (χ2v) is 7.41. The molecule has 0 saturated carbocycles. The Labute approximate surface area is 168 Å². The van der Waals surface area contributed by atoms with Gasteiger partial charge in [0.25, 0.3) is 5.56 Å². The van der Waals surface area contributed by atoms with Gasteiger partial charge in [0, 0.05) is 35.5 Å². The molecule has 0 atom stereocenters. The van der Waals surface area contributed by atoms with E-state index in [1.54, 1.807) is 40.4 Å². The first kappa shape index (κ1) is 18.8. The molecule has 3 aromatic heterocycles. The van der Waals surface area contributed by atoms with E-state index in [2.05, 4.69) is 4.98 Å². The lowest BCUT2D eigenvalue weighted by molar-refractivity contribution is 0.276. The van der Waals surface area contributed by atoms with Crippen molar-refractivity contribution in [2.24, 2.45) is 7.05 Å². The largest absolute Gasteiger partial charge is 0.395 e. The van der Waals surface area contributed by atoms with Crippen LogP contribution in [0.1, 0.15) is 11.3 Å². The predicted molar refractivity (Wildman–Crippen MR) is 108 cm³/mol. The van der Waals surface area contributed by atoms with Crippen LogP contribution in [0.5, 0.6) is 0 Å². The number of aryl methyl sites for hydroxylation is 2. The number of imidazole rings is 2. The maximum absolute atomic E-state index is 13.2. The molecule has 8 nitrogen and oxygen atoms in total. The number of aliphatic hydroxyl groups excluding tert-OH is 1. The van der Waals surface area contributed by atoms with Gasteiger partial charge in [-0.2, -0.15) is 4.98 Å². The Hall–Kier alpha value is -2.55. The van der Waals surface area contributed by atoms with E-state index in [1.807, 2.05) is 6.92 Å². The summed E-state index contributed by atoms with van der Waals surface area (Å²) in [6, 6.07) is 4.92. The molecule has 1 aromatic carbocycles. The second kappa shape index (κ2) is 6.80. The Morgan fingerprint density at radius 3 is 2.61 bits per heavy atom. The summed E-state index contributed by atoms with van der Waals surface area (Å²) >= 11 is 12.2. The maximum Gasteiger partial charge on any atom is 0.332 e. The Morgan fingerprint density at radius 1 is 1.18 bits per heavy atom. The average molecular weight is 422 g/mol. The lowest BCUT2D eigenvalue weighted by Crippen LogP contribution is -2.39. The zero-order valence-corrected chi connectivity index (χ0v) is 16.7. The van der Waals surface area contributed by atoms with Crippen LogP contribution in [0.15, 0.2) is 34.0 Å². The number of benzene rings is 1. The third-order valence-corrected chi connectivity index (χ3v) is 5.39. The van der Waals surface area contributed by atoms with Crippen LogP contribution < -0.4 is 11.2 Å². The van der Waals surface area contributed by atoms with Crippen molar-refractivity contribution in [3.63, 3.8) is 0 Å². The van der Waals surface area contributed by atoms with Crippen molar-refractivity contribution in [3.8, 4) is 0 Å². The van der Waals surface area contributed by atoms with Crippen molar-refractivity contribution >= 4 is 40.1 Å². The third-order valence-electron chi connectivity index (χ3n) is 4.81. The van der Waals surface area contributed by atoms with Gasteiger partial charge in [-0.05, 0) is 24.6 Å². The van der Waals surface area contributed by atoms with Crippen molar-refractivity contribution in [1.29, 1.82) is 0 Å². The molecule has 0 bridgehead atoms. The van der Waals surface area contributed by atoms with E-state index in [-0.39, 0.29) is 18.8 Å². The lowest BCUT2D eigenvalue weighted by Gasteiger charge is -2.09. The standard InChI is InChI=1S/C18H17Cl2N5O3/c1-10-8-24-14-15(21-17(24)23(10)5-6-26)22(2)18(28)25(16(14)27)9-11-3-4-12(19)7-13(11)20/h3-4,7-8,26H,5-6,9H2,1-2H3. The van der Waals surface area contributed by atoms with E-state index in [4.69, 9.17) is 23.2 Å². The molecule has 0 aliphatic carbocycles. The van der Waals surface area contributed by atoms with Gasteiger partial charge in [-0.25, -0.2) is 4.79 Å². The first-order valence-corrected chi connectivity index (χ1v) is 9.31. The molecule has 4 rings (SSSR count). The van der Waals surface area contributed by atoms with Gasteiger partial charge in [0.15, 0.2) is 11.2 Å². The Kier molecular flexibility index (Phi) is 4.57. The van der Waals surface area contributed by atoms with Gasteiger partial charge in [0.2, 0.25) is 5.78 Å². The number of hydrogen-bond donors (Lipinski definition) is 1. The second-order valence-electron chi connectivity index (χ2n) is 6.57. The van der Waals surface area contributed by atoms with E-state index in [1.165, 1.54) is 4.57 Å². The molecule has 0 fully saturated rings. The summed E-state index contributed by atoms with van der Waals surface area (Å²) in [5, 5.41) is 10.2. The highest BCUT2D eigenvalue weighted by Crippen LogP contribution is 2.21. The molecule has 28 heavy (non-hydrogen) atoms. The minimum atomic E-state index is -0.491. The zero-order valence-electron chi connectivity index (χ0n) is 15.2. The monoisotopic (exact) mass is 421 g/mol. The summed E-state index contributed by atoms with van der Waals surface area (Å²) in [6.45, 7) is 2.16. The zero-order chi connectivity index (χ0) is 20.2. The molecule has 0 aliphatic heterocycles. The van der Waals surface area contributed by atoms with Crippen LogP contribution in [0.3, 0.4) is 0 Å². The topological polar surface area (TPSA) is 86.5 Å². The summed E-state index contributed by atoms with van der Waals surface area (Å²) in [6.07, 6.45) is 1.77. The van der Waals surface area contributed by atoms with Crippen LogP contribution in [0.25, 0.3) is 16.9 Å². The van der Waals surface area contributed by atoms with Crippen LogP contribution in [-0.4, -0.2) is 34.8 Å². The van der Waals surface area contributed by atoms with Gasteiger partial charge in [-0.1, -0.05) is 29.3 Å². The average Bonchev–Trinajstić information content (AvgIpc) is 3.15. The molecule has 146 valence electrons. The fourth-order valence-corrected chi connectivity index (χ4v) is 3.86. The number of fused-ring (bicyclic) bond motifs is 3. The highest BCUT2D eigenvalue weighted by atomic mass is 35.5. The molecule has 0 radical (unpaired) electrons. The number of halogens is 2. The first-order valence-electron chi connectivity index (χ1n) is 8.56. The molecular weight excluding hydrogens is 405 g/mol. The quantitative estimate of drug-likeness (QED) is 0.544. The van der Waals surface area contributed by atoms with Crippen molar-refractivity contribution < 1.29 is 5.11 Å². The van der Waals surface area contributed by atoms with E-state index in [9.17, 15) is 14.7 Å². The Morgan fingerprint density at radius 2 is 1.93 bits per heavy atom. The van der Waals surface area contributed by atoms with Gasteiger partial charge in [0.1, 0.15) is 0 Å². The number of nitrogens with zero attached hydrogens (tertiary/aromatic N) is 5. The number of aliphatic hydroxyl groups is 1. The van der Waals surface area contributed by atoms with Gasteiger partial charge in [-0.3, -0.25) is 18.3 Å². The summed E-state index contributed by atoms with van der Waals surface area (Å²) in [4.78, 5) is 30.5. The van der Waals surface area contributed by atoms with Gasteiger partial charge < -0.3 is 9.67 Å². The fourth-order valence-electron chi connectivity index (χ4n) is 3.39. The van der Waals surface area contributed by atoms with Crippen LogP contribution in [0, 0.1) is 6.92 Å². The normalized spacial score (nSPS) is 11.8. The van der Waals surface area contributed by atoms with E-state index in [0.29, 0.717) is 33.4 Å². The lowest BCUT2D eigenvalue weighted by atomic mass is 10.2. The number of aromatic nitrogens is 5. The Balaban J connectivity index is 2.00. The summed E-state index contributed by atoms with van der Waals surface area (Å²) in [5.74, 6) is 0.496. The molecule has 3 heterocycles. The van der Waals surface area contributed by atoms with Crippen molar-refractivity contribution in [2.45, 2.75) is 20.0 Å². The van der Waals surface area contributed by atoms with Crippen LogP contribution >= 0.6 is 23.2 Å². The molecule has 0 aliphatic rings. The van der Waals surface area contributed by atoms with Crippen LogP contribution in [-0.2, 0) is 20.1 Å². The molecular formula is C18H17Cl2N5O3. The van der Waals surface area contributed by atoms with Crippen LogP contribution in [0.2, 0.25) is 10.0 Å². The Bertz CT molecular complexity index is 1350. The molecule has 10 heteroatoms. The minimum absolute atomic E-state index is 0.0149. The molecule has 0 spiro atoms. The van der Waals surface area contributed by atoms with E-state index < -0.39 is 11.2 Å². The fraction of sp³-hybridized carbons (Fsp3) is 0.278. The third kappa shape index (κ3) is 2.76. The predicted octanol–water partition coefficient (Wildman–Crippen LogP) is 1.81. The van der Waals surface area contributed by atoms with Crippen molar-refractivity contribution in [1.82, 2.24) is 23.1 Å². The minimum Gasteiger partial charge on any atom is -0.395 e. The first-order chi connectivity index (χ1) is 13.3. The van der Waals surface area contributed by atoms with Gasteiger partial charge >= 0.3 is 5.69 Å². The maximum atomic E-state index is 13.2. The molecule has 0 unspecified atom stereocenters. The summed E-state index contributed by atoms with van der Waals surface area (Å²) in [7, 11) is 1.57. The summed E-state index contributed by atoms with van der Waals surface area (Å²) < 4.78 is 5.92. The molecule has 0 amide bonds. The highest BCUT2D eigenvalue weighted by molar-refractivity contribution is 6.35. The van der Waals surface area contributed by atoms with E-state index >= 15 is 0 Å². The van der Waals surface area contributed by atoms with Crippen molar-refractivity contribution in [3.05, 3.63) is 66.5 Å². The number of hydrogen-bond acceptors (Lipinski definition) is 4. The SMILES string of the molecule is Cc1cn2c3c(=O)n(Cc4ccc(Cl)cc4Cl)c(=O)n(C)c3nc2n1CCO. The van der Waals surface area contributed by atoms with Gasteiger partial charge in [-0.15, -0.1) is 0 Å². The number of rotatable bonds is 4. The highest BCUT2D eigenvalue weighted by Gasteiger charge is 2.20. The molecule has 0 saturated heterocycles.